The van der Waals surface area contributed by atoms with Gasteiger partial charge >= 0.3 is 0 Å². The standard InChI is InChI=1S/C18H26N4OS/c1-4-7-21-17(11-23)19-22(18(21)24)12-20-8-5-6-15-14(3)9-13(2)10-16(15)20/h9-10,23H,4-8,11-12H2,1-3H3. The summed E-state index contributed by atoms with van der Waals surface area (Å²) in [6.07, 6.45) is 3.25. The van der Waals surface area contributed by atoms with E-state index >= 15 is 0 Å². The largest absolute Gasteiger partial charge is 0.388 e. The van der Waals surface area contributed by atoms with Gasteiger partial charge in [-0.3, -0.25) is 0 Å². The van der Waals surface area contributed by atoms with Crippen LogP contribution < -0.4 is 4.90 Å². The number of hydrogen-bond acceptors (Lipinski definition) is 4. The summed E-state index contributed by atoms with van der Waals surface area (Å²) >= 11 is 5.59. The van der Waals surface area contributed by atoms with Crippen LogP contribution in [0.3, 0.4) is 0 Å². The van der Waals surface area contributed by atoms with Crippen LogP contribution in [0.4, 0.5) is 5.69 Å². The van der Waals surface area contributed by atoms with Crippen molar-refractivity contribution in [3.05, 3.63) is 39.4 Å². The average Bonchev–Trinajstić information content (AvgIpc) is 2.85. The Morgan fingerprint density at radius 3 is 2.79 bits per heavy atom. The first-order valence-corrected chi connectivity index (χ1v) is 9.08. The predicted molar refractivity (Wildman–Crippen MR) is 98.8 cm³/mol. The van der Waals surface area contributed by atoms with Crippen molar-refractivity contribution in [2.24, 2.45) is 0 Å². The number of aromatic nitrogens is 3. The number of anilines is 1. The average molecular weight is 346 g/mol. The van der Waals surface area contributed by atoms with Crippen molar-refractivity contribution < 1.29 is 5.11 Å². The molecule has 130 valence electrons. The highest BCUT2D eigenvalue weighted by Crippen LogP contribution is 2.31. The third kappa shape index (κ3) is 3.13. The second-order valence-corrected chi connectivity index (χ2v) is 6.96. The Kier molecular flexibility index (Phi) is 5.06. The van der Waals surface area contributed by atoms with E-state index in [2.05, 4.69) is 42.9 Å². The van der Waals surface area contributed by atoms with Crippen molar-refractivity contribution in [2.75, 3.05) is 11.4 Å². The molecule has 3 rings (SSSR count). The maximum atomic E-state index is 9.56. The van der Waals surface area contributed by atoms with Gasteiger partial charge in [-0.25, -0.2) is 4.68 Å². The van der Waals surface area contributed by atoms with E-state index < -0.39 is 0 Å². The molecule has 0 unspecified atom stereocenters. The van der Waals surface area contributed by atoms with E-state index in [1.165, 1.54) is 22.4 Å². The van der Waals surface area contributed by atoms with E-state index in [1.807, 2.05) is 9.25 Å². The zero-order valence-corrected chi connectivity index (χ0v) is 15.6. The molecule has 0 amide bonds. The normalized spacial score (nSPS) is 14.1. The van der Waals surface area contributed by atoms with E-state index in [9.17, 15) is 5.11 Å². The molecule has 1 aliphatic heterocycles. The molecule has 0 radical (unpaired) electrons. The fourth-order valence-corrected chi connectivity index (χ4v) is 3.90. The lowest BCUT2D eigenvalue weighted by Gasteiger charge is -2.32. The van der Waals surface area contributed by atoms with Gasteiger partial charge in [-0.1, -0.05) is 13.0 Å². The second-order valence-electron chi connectivity index (χ2n) is 6.60. The van der Waals surface area contributed by atoms with Crippen LogP contribution in [0.2, 0.25) is 0 Å². The first kappa shape index (κ1) is 17.2. The second kappa shape index (κ2) is 7.07. The predicted octanol–water partition coefficient (Wildman–Crippen LogP) is 3.34. The molecule has 1 aromatic carbocycles. The van der Waals surface area contributed by atoms with Gasteiger partial charge in [-0.2, -0.15) is 5.10 Å². The van der Waals surface area contributed by atoms with Crippen LogP contribution in [-0.4, -0.2) is 26.0 Å². The summed E-state index contributed by atoms with van der Waals surface area (Å²) in [5, 5.41) is 14.1. The molecule has 24 heavy (non-hydrogen) atoms. The number of aliphatic hydroxyl groups excluding tert-OH is 1. The number of nitrogens with zero attached hydrogens (tertiary/aromatic N) is 4. The van der Waals surface area contributed by atoms with Crippen LogP contribution in [0, 0.1) is 18.6 Å². The van der Waals surface area contributed by atoms with Crippen LogP contribution in [0.15, 0.2) is 12.1 Å². The minimum absolute atomic E-state index is 0.0779. The van der Waals surface area contributed by atoms with Gasteiger partial charge in [0.1, 0.15) is 13.3 Å². The van der Waals surface area contributed by atoms with Gasteiger partial charge < -0.3 is 14.6 Å². The first-order chi connectivity index (χ1) is 11.5. The number of aryl methyl sites for hydroxylation is 2. The molecule has 0 fully saturated rings. The number of hydrogen-bond donors (Lipinski definition) is 1. The van der Waals surface area contributed by atoms with E-state index in [0.29, 0.717) is 17.3 Å². The quantitative estimate of drug-likeness (QED) is 0.844. The zero-order chi connectivity index (χ0) is 17.3. The highest BCUT2D eigenvalue weighted by Gasteiger charge is 2.20. The Morgan fingerprint density at radius 2 is 2.08 bits per heavy atom. The van der Waals surface area contributed by atoms with Crippen LogP contribution >= 0.6 is 12.2 Å². The number of aliphatic hydroxyl groups is 1. The summed E-state index contributed by atoms with van der Waals surface area (Å²) in [7, 11) is 0. The van der Waals surface area contributed by atoms with Gasteiger partial charge in [0.2, 0.25) is 0 Å². The van der Waals surface area contributed by atoms with Crippen molar-refractivity contribution in [1.29, 1.82) is 0 Å². The summed E-state index contributed by atoms with van der Waals surface area (Å²) in [5.41, 5.74) is 5.39. The number of fused-ring (bicyclic) bond motifs is 1. The molecule has 0 saturated carbocycles. The lowest BCUT2D eigenvalue weighted by Crippen LogP contribution is -2.32. The molecule has 2 aromatic rings. The molecular weight excluding hydrogens is 320 g/mol. The van der Waals surface area contributed by atoms with Crippen molar-refractivity contribution in [3.8, 4) is 0 Å². The third-order valence-electron chi connectivity index (χ3n) is 4.68. The smallest absolute Gasteiger partial charge is 0.199 e. The Balaban J connectivity index is 1.95. The summed E-state index contributed by atoms with van der Waals surface area (Å²) in [6.45, 7) is 8.80. The molecule has 1 aliphatic rings. The molecule has 0 saturated heterocycles. The molecule has 1 aromatic heterocycles. The Morgan fingerprint density at radius 1 is 1.29 bits per heavy atom. The molecule has 0 spiro atoms. The molecule has 6 heteroatoms. The Labute approximate surface area is 148 Å². The Bertz CT molecular complexity index is 793. The van der Waals surface area contributed by atoms with Crippen molar-refractivity contribution in [1.82, 2.24) is 14.3 Å². The summed E-state index contributed by atoms with van der Waals surface area (Å²) in [6, 6.07) is 4.52. The zero-order valence-electron chi connectivity index (χ0n) is 14.7. The highest BCUT2D eigenvalue weighted by molar-refractivity contribution is 7.71. The fourth-order valence-electron chi connectivity index (χ4n) is 3.60. The maximum Gasteiger partial charge on any atom is 0.199 e. The van der Waals surface area contributed by atoms with E-state index in [1.54, 1.807) is 0 Å². The van der Waals surface area contributed by atoms with Crippen LogP contribution in [-0.2, 0) is 26.2 Å². The number of benzene rings is 1. The minimum atomic E-state index is -0.0779. The summed E-state index contributed by atoms with van der Waals surface area (Å²) in [5.74, 6) is 0.652. The molecular formula is C18H26N4OS. The molecule has 0 atom stereocenters. The fraction of sp³-hybridized carbons (Fsp3) is 0.556. The van der Waals surface area contributed by atoms with Crippen molar-refractivity contribution >= 4 is 17.9 Å². The number of rotatable bonds is 5. The van der Waals surface area contributed by atoms with Crippen LogP contribution in [0.25, 0.3) is 0 Å². The van der Waals surface area contributed by atoms with Gasteiger partial charge in [0.25, 0.3) is 0 Å². The minimum Gasteiger partial charge on any atom is -0.388 e. The molecule has 1 N–H and O–H groups in total. The molecule has 2 heterocycles. The van der Waals surface area contributed by atoms with Crippen molar-refractivity contribution in [3.63, 3.8) is 0 Å². The van der Waals surface area contributed by atoms with Gasteiger partial charge in [0.05, 0.1) is 0 Å². The van der Waals surface area contributed by atoms with Gasteiger partial charge in [0.15, 0.2) is 10.6 Å². The van der Waals surface area contributed by atoms with E-state index in [-0.39, 0.29) is 6.61 Å². The summed E-state index contributed by atoms with van der Waals surface area (Å²) in [4.78, 5) is 2.36. The first-order valence-electron chi connectivity index (χ1n) is 8.67. The summed E-state index contributed by atoms with van der Waals surface area (Å²) < 4.78 is 4.49. The van der Waals surface area contributed by atoms with Gasteiger partial charge in [-0.15, -0.1) is 0 Å². The molecule has 5 nitrogen and oxygen atoms in total. The topological polar surface area (TPSA) is 46.2 Å². The van der Waals surface area contributed by atoms with Crippen molar-refractivity contribution in [2.45, 2.75) is 59.9 Å². The van der Waals surface area contributed by atoms with Gasteiger partial charge in [0, 0.05) is 18.8 Å². The van der Waals surface area contributed by atoms with E-state index in [4.69, 9.17) is 12.2 Å². The third-order valence-corrected chi connectivity index (χ3v) is 5.11. The van der Waals surface area contributed by atoms with Crippen LogP contribution in [0.1, 0.15) is 42.3 Å². The lowest BCUT2D eigenvalue weighted by atomic mass is 9.95. The monoisotopic (exact) mass is 346 g/mol. The Hall–Kier alpha value is -1.66. The lowest BCUT2D eigenvalue weighted by molar-refractivity contribution is 0.263. The highest BCUT2D eigenvalue weighted by atomic mass is 32.1. The molecule has 0 bridgehead atoms. The molecule has 0 aliphatic carbocycles. The van der Waals surface area contributed by atoms with E-state index in [0.717, 1.165) is 32.4 Å². The SMILES string of the molecule is CCCn1c(CO)nn(CN2CCCc3c(C)cc(C)cc32)c1=S. The van der Waals surface area contributed by atoms with Gasteiger partial charge in [-0.05, 0) is 68.1 Å². The van der Waals surface area contributed by atoms with Crippen LogP contribution in [0.5, 0.6) is 0 Å². The maximum absolute atomic E-state index is 9.56.